The lowest BCUT2D eigenvalue weighted by atomic mass is 10.0. The van der Waals surface area contributed by atoms with Crippen LogP contribution >= 0.6 is 11.6 Å². The fourth-order valence-corrected chi connectivity index (χ4v) is 3.60. The number of allylic oxidation sites excluding steroid dienone is 4. The minimum atomic E-state index is -0.0299. The molecule has 0 spiro atoms. The highest BCUT2D eigenvalue weighted by Crippen LogP contribution is 2.39. The number of hydrogen-bond acceptors (Lipinski definition) is 4. The molecule has 31 heavy (non-hydrogen) atoms. The predicted molar refractivity (Wildman–Crippen MR) is 128 cm³/mol. The second-order valence-corrected chi connectivity index (χ2v) is 8.10. The lowest BCUT2D eigenvalue weighted by Crippen LogP contribution is -1.98. The molecule has 0 aliphatic carbocycles. The van der Waals surface area contributed by atoms with E-state index in [0.29, 0.717) is 27.8 Å². The van der Waals surface area contributed by atoms with Crippen LogP contribution in [0.3, 0.4) is 0 Å². The first-order valence-corrected chi connectivity index (χ1v) is 10.5. The maximum Gasteiger partial charge on any atom is 0.152 e. The summed E-state index contributed by atoms with van der Waals surface area (Å²) >= 11 is 6.52. The second kappa shape index (κ2) is 9.20. The molecule has 0 saturated carbocycles. The van der Waals surface area contributed by atoms with Gasteiger partial charge in [0.05, 0.1) is 34.1 Å². The van der Waals surface area contributed by atoms with Gasteiger partial charge in [0.15, 0.2) is 5.78 Å². The molecule has 0 aliphatic rings. The van der Waals surface area contributed by atoms with Crippen molar-refractivity contribution in [3.8, 4) is 17.2 Å². The van der Waals surface area contributed by atoms with E-state index in [1.54, 1.807) is 12.3 Å². The summed E-state index contributed by atoms with van der Waals surface area (Å²) in [5.74, 6) is 0.280. The molecular weight excluding hydrogens is 408 g/mol. The normalized spacial score (nSPS) is 13.0. The lowest BCUT2D eigenvalue weighted by Gasteiger charge is -2.11. The zero-order valence-corrected chi connectivity index (χ0v) is 18.9. The third-order valence-corrected chi connectivity index (χ3v) is 5.76. The van der Waals surface area contributed by atoms with Crippen molar-refractivity contribution in [2.75, 3.05) is 5.73 Å². The standard InChI is InChI=1S/C25H25ClN4O/c1-5-15(2)8-19(7-6-17(4)31)30-14-22(21-12-29-13-23(28)25(21)26)20-10-18(11-27)16(3)9-24(20)30/h6-10,12-15H,5,28H2,1-4H3/b7-6-,19-8+. The van der Waals surface area contributed by atoms with Crippen LogP contribution in [0.25, 0.3) is 27.7 Å². The van der Waals surface area contributed by atoms with E-state index in [4.69, 9.17) is 17.3 Å². The zero-order valence-electron chi connectivity index (χ0n) is 18.1. The van der Waals surface area contributed by atoms with E-state index in [9.17, 15) is 10.1 Å². The molecule has 0 saturated heterocycles. The SMILES string of the molecule is CCC(C)/C=C(\C=C/C(C)=O)n1cc(-c2cncc(N)c2Cl)c2cc(C#N)c(C)cc21. The van der Waals surface area contributed by atoms with Gasteiger partial charge in [-0.2, -0.15) is 5.26 Å². The van der Waals surface area contributed by atoms with Gasteiger partial charge in [-0.25, -0.2) is 0 Å². The van der Waals surface area contributed by atoms with E-state index in [1.165, 1.54) is 13.1 Å². The highest BCUT2D eigenvalue weighted by molar-refractivity contribution is 6.36. The van der Waals surface area contributed by atoms with Crippen LogP contribution in [0.4, 0.5) is 5.69 Å². The molecule has 0 bridgehead atoms. The molecule has 5 nitrogen and oxygen atoms in total. The molecule has 0 radical (unpaired) electrons. The molecule has 0 fully saturated rings. The Bertz CT molecular complexity index is 1260. The number of carbonyl (C=O) groups is 1. The van der Waals surface area contributed by atoms with Crippen molar-refractivity contribution in [1.82, 2.24) is 9.55 Å². The van der Waals surface area contributed by atoms with E-state index in [2.05, 4.69) is 31.0 Å². The van der Waals surface area contributed by atoms with Crippen molar-refractivity contribution >= 4 is 39.7 Å². The Labute approximate surface area is 187 Å². The van der Waals surface area contributed by atoms with Gasteiger partial charge >= 0.3 is 0 Å². The number of nitriles is 1. The van der Waals surface area contributed by atoms with Crippen LogP contribution in [-0.2, 0) is 4.79 Å². The van der Waals surface area contributed by atoms with Crippen LogP contribution in [0, 0.1) is 24.2 Å². The van der Waals surface area contributed by atoms with Crippen LogP contribution < -0.4 is 5.73 Å². The zero-order chi connectivity index (χ0) is 22.7. The van der Waals surface area contributed by atoms with Gasteiger partial charge in [-0.05, 0) is 49.6 Å². The van der Waals surface area contributed by atoms with E-state index >= 15 is 0 Å². The molecule has 0 amide bonds. The molecule has 6 heteroatoms. The largest absolute Gasteiger partial charge is 0.396 e. The van der Waals surface area contributed by atoms with Crippen molar-refractivity contribution in [1.29, 1.82) is 5.26 Å². The number of aromatic nitrogens is 2. The van der Waals surface area contributed by atoms with Gasteiger partial charge < -0.3 is 10.3 Å². The Morgan fingerprint density at radius 1 is 1.32 bits per heavy atom. The summed E-state index contributed by atoms with van der Waals surface area (Å²) in [6.07, 6.45) is 11.6. The molecule has 2 N–H and O–H groups in total. The summed E-state index contributed by atoms with van der Waals surface area (Å²) in [5, 5.41) is 10.9. The fraction of sp³-hybridized carbons (Fsp3) is 0.240. The number of nitrogen functional groups attached to an aromatic ring is 1. The van der Waals surface area contributed by atoms with Gasteiger partial charge in [0.25, 0.3) is 0 Å². The van der Waals surface area contributed by atoms with Crippen molar-refractivity contribution in [2.45, 2.75) is 34.1 Å². The number of anilines is 1. The first-order valence-electron chi connectivity index (χ1n) is 10.1. The van der Waals surface area contributed by atoms with E-state index in [-0.39, 0.29) is 5.78 Å². The van der Waals surface area contributed by atoms with Gasteiger partial charge in [0, 0.05) is 34.6 Å². The third kappa shape index (κ3) is 4.55. The van der Waals surface area contributed by atoms with Crippen LogP contribution in [0.5, 0.6) is 0 Å². The number of nitrogens with two attached hydrogens (primary N) is 1. The number of pyridine rings is 1. The molecule has 2 aromatic heterocycles. The Balaban J connectivity index is 2.40. The van der Waals surface area contributed by atoms with E-state index in [1.807, 2.05) is 35.9 Å². The summed E-state index contributed by atoms with van der Waals surface area (Å²) in [7, 11) is 0. The number of halogens is 1. The van der Waals surface area contributed by atoms with E-state index in [0.717, 1.165) is 34.1 Å². The Hall–Kier alpha value is -3.36. The number of hydrogen-bond donors (Lipinski definition) is 1. The summed E-state index contributed by atoms with van der Waals surface area (Å²) in [4.78, 5) is 15.9. The highest BCUT2D eigenvalue weighted by Gasteiger charge is 2.18. The van der Waals surface area contributed by atoms with Crippen molar-refractivity contribution in [2.24, 2.45) is 5.92 Å². The summed E-state index contributed by atoms with van der Waals surface area (Å²) in [6, 6.07) is 6.11. The number of nitrogens with zero attached hydrogens (tertiary/aromatic N) is 3. The molecule has 158 valence electrons. The number of benzene rings is 1. The average molecular weight is 433 g/mol. The minimum Gasteiger partial charge on any atom is -0.396 e. The van der Waals surface area contributed by atoms with Crippen LogP contribution in [0.15, 0.2) is 49.0 Å². The van der Waals surface area contributed by atoms with Crippen molar-refractivity contribution in [3.63, 3.8) is 0 Å². The Kier molecular flexibility index (Phi) is 6.62. The third-order valence-electron chi connectivity index (χ3n) is 5.33. The van der Waals surface area contributed by atoms with Crippen molar-refractivity contribution < 1.29 is 4.79 Å². The van der Waals surface area contributed by atoms with E-state index < -0.39 is 0 Å². The van der Waals surface area contributed by atoms with Gasteiger partial charge in [-0.1, -0.05) is 37.9 Å². The molecule has 2 heterocycles. The molecule has 1 aromatic carbocycles. The van der Waals surface area contributed by atoms with Gasteiger partial charge in [0.2, 0.25) is 0 Å². The first-order chi connectivity index (χ1) is 14.8. The number of carbonyl (C=O) groups excluding carboxylic acids is 1. The molecule has 0 aliphatic heterocycles. The molecular formula is C25H25ClN4O. The fourth-order valence-electron chi connectivity index (χ4n) is 3.40. The quantitative estimate of drug-likeness (QED) is 0.373. The number of ketones is 1. The van der Waals surface area contributed by atoms with Crippen LogP contribution in [-0.4, -0.2) is 15.3 Å². The summed E-state index contributed by atoms with van der Waals surface area (Å²) in [6.45, 7) is 7.69. The average Bonchev–Trinajstić information content (AvgIpc) is 3.09. The summed E-state index contributed by atoms with van der Waals surface area (Å²) in [5.41, 5.74) is 11.1. The lowest BCUT2D eigenvalue weighted by molar-refractivity contribution is -0.112. The minimum absolute atomic E-state index is 0.0299. The smallest absolute Gasteiger partial charge is 0.152 e. The summed E-state index contributed by atoms with van der Waals surface area (Å²) < 4.78 is 2.03. The van der Waals surface area contributed by atoms with Crippen molar-refractivity contribution in [3.05, 3.63) is 65.1 Å². The maximum atomic E-state index is 11.6. The van der Waals surface area contributed by atoms with Crippen LogP contribution in [0.1, 0.15) is 38.3 Å². The Morgan fingerprint density at radius 3 is 2.71 bits per heavy atom. The van der Waals surface area contributed by atoms with Crippen LogP contribution in [0.2, 0.25) is 5.02 Å². The first kappa shape index (κ1) is 22.3. The topological polar surface area (TPSA) is 84.7 Å². The monoisotopic (exact) mass is 432 g/mol. The maximum absolute atomic E-state index is 11.6. The molecule has 1 unspecified atom stereocenters. The molecule has 3 aromatic rings. The number of rotatable bonds is 6. The van der Waals surface area contributed by atoms with Gasteiger partial charge in [-0.15, -0.1) is 0 Å². The molecule has 1 atom stereocenters. The number of aryl methyl sites for hydroxylation is 1. The number of fused-ring (bicyclic) bond motifs is 1. The Morgan fingerprint density at radius 2 is 2.06 bits per heavy atom. The second-order valence-electron chi connectivity index (χ2n) is 7.72. The van der Waals surface area contributed by atoms with Gasteiger partial charge in [0.1, 0.15) is 0 Å². The van der Waals surface area contributed by atoms with Gasteiger partial charge in [-0.3, -0.25) is 9.78 Å². The molecule has 3 rings (SSSR count). The predicted octanol–water partition coefficient (Wildman–Crippen LogP) is 6.15. The highest BCUT2D eigenvalue weighted by atomic mass is 35.5.